The Balaban J connectivity index is 4.17. The first-order valence-corrected chi connectivity index (χ1v) is 32.7. The Morgan fingerprint density at radius 3 is 0.805 bits per heavy atom. The van der Waals surface area contributed by atoms with Gasteiger partial charge < -0.3 is 14.2 Å². The minimum atomic E-state index is -0.793. The van der Waals surface area contributed by atoms with Gasteiger partial charge in [0.25, 0.3) is 0 Å². The van der Waals surface area contributed by atoms with Gasteiger partial charge in [-0.1, -0.05) is 291 Å². The summed E-state index contributed by atoms with van der Waals surface area (Å²) in [6.45, 7) is 6.49. The second-order valence-corrected chi connectivity index (χ2v) is 21.6. The van der Waals surface area contributed by atoms with Crippen molar-refractivity contribution in [1.82, 2.24) is 0 Å². The van der Waals surface area contributed by atoms with E-state index in [1.807, 2.05) is 0 Å². The highest BCUT2D eigenvalue weighted by atomic mass is 16.6. The van der Waals surface area contributed by atoms with Crippen LogP contribution in [0, 0.1) is 0 Å². The molecule has 0 radical (unpaired) electrons. The molecule has 0 heterocycles. The first kappa shape index (κ1) is 73.3. The summed E-state index contributed by atoms with van der Waals surface area (Å²) in [7, 11) is 0. The Labute approximate surface area is 477 Å². The first-order chi connectivity index (χ1) is 38.0. The highest BCUT2D eigenvalue weighted by molar-refractivity contribution is 5.71. The van der Waals surface area contributed by atoms with Crippen LogP contribution in [0.1, 0.15) is 316 Å². The molecule has 0 aliphatic rings. The molecular weight excluding hydrogens is 949 g/mol. The summed E-state index contributed by atoms with van der Waals surface area (Å²) in [5, 5.41) is 0. The summed E-state index contributed by atoms with van der Waals surface area (Å²) in [5.74, 6) is -0.915. The molecular formula is C71H122O6. The second-order valence-electron chi connectivity index (χ2n) is 21.6. The van der Waals surface area contributed by atoms with Crippen molar-refractivity contribution < 1.29 is 28.6 Å². The van der Waals surface area contributed by atoms with Crippen LogP contribution in [0.2, 0.25) is 0 Å². The van der Waals surface area contributed by atoms with Gasteiger partial charge >= 0.3 is 17.9 Å². The zero-order valence-corrected chi connectivity index (χ0v) is 50.7. The fourth-order valence-corrected chi connectivity index (χ4v) is 9.18. The van der Waals surface area contributed by atoms with Gasteiger partial charge in [0.05, 0.1) is 0 Å². The van der Waals surface area contributed by atoms with E-state index in [-0.39, 0.29) is 31.1 Å². The fraction of sp³-hybridized carbons (Fsp3) is 0.732. The van der Waals surface area contributed by atoms with Crippen molar-refractivity contribution in [1.29, 1.82) is 0 Å². The van der Waals surface area contributed by atoms with Crippen LogP contribution in [-0.2, 0) is 28.6 Å². The third kappa shape index (κ3) is 63.0. The maximum atomic E-state index is 12.9. The summed E-state index contributed by atoms with van der Waals surface area (Å²) >= 11 is 0. The van der Waals surface area contributed by atoms with Gasteiger partial charge in [-0.15, -0.1) is 0 Å². The zero-order valence-electron chi connectivity index (χ0n) is 50.7. The number of ether oxygens (including phenoxy) is 3. The normalized spacial score (nSPS) is 12.7. The minimum Gasteiger partial charge on any atom is -0.462 e. The van der Waals surface area contributed by atoms with E-state index in [4.69, 9.17) is 14.2 Å². The molecule has 0 saturated heterocycles. The van der Waals surface area contributed by atoms with Gasteiger partial charge in [-0.25, -0.2) is 0 Å². The van der Waals surface area contributed by atoms with Crippen LogP contribution in [0.5, 0.6) is 0 Å². The van der Waals surface area contributed by atoms with E-state index in [0.29, 0.717) is 19.3 Å². The number of carbonyl (C=O) groups excluding carboxylic acids is 3. The number of hydrogen-bond acceptors (Lipinski definition) is 6. The predicted molar refractivity (Wildman–Crippen MR) is 334 cm³/mol. The van der Waals surface area contributed by atoms with Gasteiger partial charge in [-0.05, 0) is 103 Å². The van der Waals surface area contributed by atoms with E-state index in [1.54, 1.807) is 0 Å². The quantitative estimate of drug-likeness (QED) is 0.0261. The summed E-state index contributed by atoms with van der Waals surface area (Å²) < 4.78 is 16.9. The van der Waals surface area contributed by atoms with Crippen molar-refractivity contribution in [2.24, 2.45) is 0 Å². The lowest BCUT2D eigenvalue weighted by atomic mass is 10.0. The minimum absolute atomic E-state index is 0.0884. The van der Waals surface area contributed by atoms with Crippen molar-refractivity contribution in [3.63, 3.8) is 0 Å². The van der Waals surface area contributed by atoms with Gasteiger partial charge in [0.15, 0.2) is 6.10 Å². The Morgan fingerprint density at radius 2 is 0.506 bits per heavy atom. The molecule has 1 atom stereocenters. The Kier molecular flexibility index (Phi) is 61.8. The molecule has 0 saturated carbocycles. The van der Waals surface area contributed by atoms with Crippen LogP contribution in [0.15, 0.2) is 97.2 Å². The maximum absolute atomic E-state index is 12.9. The molecule has 0 aromatic rings. The molecule has 0 aromatic carbocycles. The molecule has 442 valence electrons. The van der Waals surface area contributed by atoms with Crippen LogP contribution in [0.4, 0.5) is 0 Å². The molecule has 0 rings (SSSR count). The number of esters is 3. The molecule has 77 heavy (non-hydrogen) atoms. The van der Waals surface area contributed by atoms with Crippen molar-refractivity contribution in [3.8, 4) is 0 Å². The largest absolute Gasteiger partial charge is 0.462 e. The lowest BCUT2D eigenvalue weighted by Crippen LogP contribution is -2.30. The molecule has 1 unspecified atom stereocenters. The Hall–Kier alpha value is -3.67. The van der Waals surface area contributed by atoms with Gasteiger partial charge in [0.2, 0.25) is 0 Å². The number of rotatable bonds is 59. The van der Waals surface area contributed by atoms with Crippen LogP contribution >= 0.6 is 0 Å². The summed E-state index contributed by atoms with van der Waals surface area (Å²) in [6, 6.07) is 0. The predicted octanol–water partition coefficient (Wildman–Crippen LogP) is 22.4. The average Bonchev–Trinajstić information content (AvgIpc) is 3.43. The third-order valence-electron chi connectivity index (χ3n) is 14.1. The van der Waals surface area contributed by atoms with Crippen LogP contribution in [0.3, 0.4) is 0 Å². The molecule has 0 aromatic heterocycles. The van der Waals surface area contributed by atoms with Crippen LogP contribution < -0.4 is 0 Å². The van der Waals surface area contributed by atoms with Gasteiger partial charge in [0.1, 0.15) is 13.2 Å². The molecule has 0 N–H and O–H groups in total. The number of hydrogen-bond donors (Lipinski definition) is 0. The number of allylic oxidation sites excluding steroid dienone is 16. The first-order valence-electron chi connectivity index (χ1n) is 32.7. The highest BCUT2D eigenvalue weighted by Gasteiger charge is 2.19. The molecule has 0 bridgehead atoms. The van der Waals surface area contributed by atoms with Gasteiger partial charge in [0, 0.05) is 19.3 Å². The topological polar surface area (TPSA) is 78.9 Å². The zero-order chi connectivity index (χ0) is 55.7. The summed E-state index contributed by atoms with van der Waals surface area (Å²) in [5.41, 5.74) is 0. The molecule has 6 heteroatoms. The van der Waals surface area contributed by atoms with E-state index in [2.05, 4.69) is 118 Å². The molecule has 0 aliphatic heterocycles. The highest BCUT2D eigenvalue weighted by Crippen LogP contribution is 2.16. The van der Waals surface area contributed by atoms with E-state index in [0.717, 1.165) is 109 Å². The van der Waals surface area contributed by atoms with Gasteiger partial charge in [-0.2, -0.15) is 0 Å². The van der Waals surface area contributed by atoms with Crippen molar-refractivity contribution in [3.05, 3.63) is 97.2 Å². The molecule has 0 spiro atoms. The molecule has 6 nitrogen and oxygen atoms in total. The second kappa shape index (κ2) is 64.9. The number of unbranched alkanes of at least 4 members (excludes halogenated alkanes) is 32. The van der Waals surface area contributed by atoms with E-state index in [9.17, 15) is 14.4 Å². The SMILES string of the molecule is CC/C=C\C/C=C\C/C=C\C/C=C\C/C=C\CCCCCC(=O)OC(COC(=O)CCCCCCCCCCC)COC(=O)CCCCCCCCCCCCCCCCCC/C=C\C/C=C\C/C=C\CCCCCCC. The van der Waals surface area contributed by atoms with Gasteiger partial charge in [-0.3, -0.25) is 14.4 Å². The van der Waals surface area contributed by atoms with Crippen molar-refractivity contribution >= 4 is 17.9 Å². The average molecular weight is 1070 g/mol. The molecule has 0 amide bonds. The van der Waals surface area contributed by atoms with Crippen molar-refractivity contribution in [2.75, 3.05) is 13.2 Å². The van der Waals surface area contributed by atoms with Crippen LogP contribution in [0.25, 0.3) is 0 Å². The van der Waals surface area contributed by atoms with E-state index < -0.39 is 6.10 Å². The smallest absolute Gasteiger partial charge is 0.306 e. The van der Waals surface area contributed by atoms with Crippen LogP contribution in [-0.4, -0.2) is 37.2 Å². The number of carbonyl (C=O) groups is 3. The Bertz CT molecular complexity index is 1510. The lowest BCUT2D eigenvalue weighted by Gasteiger charge is -2.18. The Morgan fingerprint density at radius 1 is 0.273 bits per heavy atom. The molecule has 0 fully saturated rings. The third-order valence-corrected chi connectivity index (χ3v) is 14.1. The fourth-order valence-electron chi connectivity index (χ4n) is 9.18. The van der Waals surface area contributed by atoms with Crippen molar-refractivity contribution in [2.45, 2.75) is 322 Å². The molecule has 0 aliphatic carbocycles. The maximum Gasteiger partial charge on any atom is 0.306 e. The monoisotopic (exact) mass is 1070 g/mol. The standard InChI is InChI=1S/C71H122O6/c1-4-7-10-13-16-19-21-23-25-27-29-30-31-32-33-34-35-36-37-38-39-40-42-43-45-47-49-52-55-58-61-64-70(73)76-67-68(66-75-69(72)63-60-57-54-51-18-15-12-9-6-3)77-71(74)65-62-59-56-53-50-48-46-44-41-28-26-24-22-20-17-14-11-8-5-2/h8,11,17,20-21,23-24,26-27,29,31-32,41,44,48,50,68H,4-7,9-10,12-16,18-19,22,25,28,30,33-40,42-43,45-47,49,51-67H2,1-3H3/b11-8-,20-17-,23-21-,26-24-,29-27-,32-31-,44-41-,50-48-. The summed E-state index contributed by atoms with van der Waals surface area (Å²) in [6.07, 6.45) is 87.2. The van der Waals surface area contributed by atoms with E-state index >= 15 is 0 Å². The summed E-state index contributed by atoms with van der Waals surface area (Å²) in [4.78, 5) is 38.2. The lowest BCUT2D eigenvalue weighted by molar-refractivity contribution is -0.167. The van der Waals surface area contributed by atoms with E-state index in [1.165, 1.54) is 167 Å².